The second kappa shape index (κ2) is 5.73. The molecule has 3 rings (SSSR count). The van der Waals surface area contributed by atoms with Crippen LogP contribution in [0, 0.1) is 5.82 Å². The maximum absolute atomic E-state index is 13.1. The summed E-state index contributed by atoms with van der Waals surface area (Å²) in [5, 5.41) is 3.37. The van der Waals surface area contributed by atoms with Crippen LogP contribution in [0.1, 0.15) is 38.4 Å². The van der Waals surface area contributed by atoms with Gasteiger partial charge in [0.1, 0.15) is 12.0 Å². The number of carbonyl (C=O) groups is 1. The Balaban J connectivity index is 1.92. The van der Waals surface area contributed by atoms with E-state index in [0.717, 1.165) is 18.4 Å². The van der Waals surface area contributed by atoms with E-state index in [1.807, 2.05) is 18.7 Å². The number of hydrogen-bond donors (Lipinski definition) is 1. The number of hydrogen-bond acceptors (Lipinski definition) is 3. The highest BCUT2D eigenvalue weighted by Crippen LogP contribution is 2.33. The fraction of sp³-hybridized carbons (Fsp3) is 0.562. The number of nitrogens with zero attached hydrogens (tertiary/aromatic N) is 1. The topological polar surface area (TPSA) is 41.6 Å². The van der Waals surface area contributed by atoms with E-state index in [0.29, 0.717) is 6.61 Å². The van der Waals surface area contributed by atoms with Crippen LogP contribution in [0.5, 0.6) is 0 Å². The molecule has 4 unspecified atom stereocenters. The molecule has 1 aromatic carbocycles. The summed E-state index contributed by atoms with van der Waals surface area (Å²) in [4.78, 5) is 14.6. The molecule has 4 nitrogen and oxygen atoms in total. The summed E-state index contributed by atoms with van der Waals surface area (Å²) in [6, 6.07) is 6.27. The SMILES string of the molecule is CCC1NC(c2ccc(F)cc2)N(C2CCOC2C)C1=O. The first-order valence-corrected chi connectivity index (χ1v) is 7.57. The quantitative estimate of drug-likeness (QED) is 0.928. The van der Waals surface area contributed by atoms with Crippen molar-refractivity contribution in [1.29, 1.82) is 0 Å². The number of benzene rings is 1. The molecule has 21 heavy (non-hydrogen) atoms. The van der Waals surface area contributed by atoms with Crippen molar-refractivity contribution in [1.82, 2.24) is 10.2 Å². The Hall–Kier alpha value is -1.46. The maximum atomic E-state index is 13.1. The molecular formula is C16H21FN2O2. The van der Waals surface area contributed by atoms with E-state index in [9.17, 15) is 9.18 Å². The van der Waals surface area contributed by atoms with Gasteiger partial charge in [0.2, 0.25) is 5.91 Å². The highest BCUT2D eigenvalue weighted by molar-refractivity contribution is 5.85. The first kappa shape index (κ1) is 14.5. The molecule has 2 aliphatic rings. The summed E-state index contributed by atoms with van der Waals surface area (Å²) < 4.78 is 18.7. The Kier molecular flexibility index (Phi) is 3.95. The van der Waals surface area contributed by atoms with Crippen molar-refractivity contribution in [3.63, 3.8) is 0 Å². The predicted octanol–water partition coefficient (Wildman–Crippen LogP) is 2.21. The minimum atomic E-state index is -0.265. The molecule has 2 saturated heterocycles. The van der Waals surface area contributed by atoms with Gasteiger partial charge in [0.15, 0.2) is 0 Å². The van der Waals surface area contributed by atoms with E-state index in [2.05, 4.69) is 5.32 Å². The Morgan fingerprint density at radius 1 is 1.38 bits per heavy atom. The largest absolute Gasteiger partial charge is 0.376 e. The number of rotatable bonds is 3. The van der Waals surface area contributed by atoms with Crippen LogP contribution in [-0.4, -0.2) is 35.6 Å². The zero-order valence-corrected chi connectivity index (χ0v) is 12.4. The lowest BCUT2D eigenvalue weighted by atomic mass is 10.1. The van der Waals surface area contributed by atoms with Crippen LogP contribution in [0.25, 0.3) is 0 Å². The average molecular weight is 292 g/mol. The molecule has 0 spiro atoms. The van der Waals surface area contributed by atoms with Crippen LogP contribution < -0.4 is 5.32 Å². The molecule has 0 radical (unpaired) electrons. The number of carbonyl (C=O) groups excluding carboxylic acids is 1. The van der Waals surface area contributed by atoms with Gasteiger partial charge >= 0.3 is 0 Å². The summed E-state index contributed by atoms with van der Waals surface area (Å²) in [6.07, 6.45) is 1.43. The highest BCUT2D eigenvalue weighted by atomic mass is 19.1. The lowest BCUT2D eigenvalue weighted by Gasteiger charge is -2.32. The third kappa shape index (κ3) is 2.56. The summed E-state index contributed by atoms with van der Waals surface area (Å²) in [5.41, 5.74) is 0.916. The van der Waals surface area contributed by atoms with E-state index < -0.39 is 0 Å². The summed E-state index contributed by atoms with van der Waals surface area (Å²) in [6.45, 7) is 4.68. The molecule has 2 fully saturated rings. The number of halogens is 1. The van der Waals surface area contributed by atoms with E-state index in [1.165, 1.54) is 12.1 Å². The molecule has 1 aromatic rings. The minimum absolute atomic E-state index is 0.0364. The third-order valence-electron chi connectivity index (χ3n) is 4.48. The molecular weight excluding hydrogens is 271 g/mol. The number of nitrogens with one attached hydrogen (secondary N) is 1. The smallest absolute Gasteiger partial charge is 0.241 e. The van der Waals surface area contributed by atoms with Gasteiger partial charge in [-0.3, -0.25) is 10.1 Å². The van der Waals surface area contributed by atoms with Crippen molar-refractivity contribution in [2.24, 2.45) is 0 Å². The van der Waals surface area contributed by atoms with E-state index in [4.69, 9.17) is 4.74 Å². The second-order valence-electron chi connectivity index (χ2n) is 5.76. The van der Waals surface area contributed by atoms with Crippen molar-refractivity contribution in [3.8, 4) is 0 Å². The molecule has 0 aromatic heterocycles. The molecule has 1 N–H and O–H groups in total. The average Bonchev–Trinajstić information content (AvgIpc) is 3.03. The van der Waals surface area contributed by atoms with Crippen LogP contribution in [0.4, 0.5) is 4.39 Å². The van der Waals surface area contributed by atoms with Gasteiger partial charge in [0.05, 0.1) is 18.2 Å². The Morgan fingerprint density at radius 2 is 2.10 bits per heavy atom. The van der Waals surface area contributed by atoms with Gasteiger partial charge in [-0.2, -0.15) is 0 Å². The molecule has 2 heterocycles. The standard InChI is InChI=1S/C16H21FN2O2/c1-3-13-16(20)19(14-8-9-21-10(14)2)15(18-13)11-4-6-12(17)7-5-11/h4-7,10,13-15,18H,3,8-9H2,1-2H3. The van der Waals surface area contributed by atoms with Crippen molar-refractivity contribution in [2.45, 2.75) is 51.0 Å². The van der Waals surface area contributed by atoms with Gasteiger partial charge in [-0.15, -0.1) is 0 Å². The highest BCUT2D eigenvalue weighted by Gasteiger charge is 2.45. The lowest BCUT2D eigenvalue weighted by molar-refractivity contribution is -0.133. The van der Waals surface area contributed by atoms with Gasteiger partial charge in [-0.1, -0.05) is 19.1 Å². The number of amides is 1. The molecule has 4 atom stereocenters. The van der Waals surface area contributed by atoms with Crippen LogP contribution in [0.2, 0.25) is 0 Å². The fourth-order valence-electron chi connectivity index (χ4n) is 3.28. The van der Waals surface area contributed by atoms with Gasteiger partial charge in [0.25, 0.3) is 0 Å². The minimum Gasteiger partial charge on any atom is -0.376 e. The molecule has 1 amide bonds. The molecule has 114 valence electrons. The van der Waals surface area contributed by atoms with Crippen LogP contribution >= 0.6 is 0 Å². The summed E-state index contributed by atoms with van der Waals surface area (Å²) in [5.74, 6) is -0.145. The number of ether oxygens (including phenoxy) is 1. The monoisotopic (exact) mass is 292 g/mol. The van der Waals surface area contributed by atoms with Gasteiger partial charge < -0.3 is 9.64 Å². The first-order chi connectivity index (χ1) is 10.1. The van der Waals surface area contributed by atoms with Crippen molar-refractivity contribution >= 4 is 5.91 Å². The zero-order valence-electron chi connectivity index (χ0n) is 12.4. The van der Waals surface area contributed by atoms with Gasteiger partial charge in [-0.25, -0.2) is 4.39 Å². The van der Waals surface area contributed by atoms with E-state index in [-0.39, 0.29) is 36.1 Å². The third-order valence-corrected chi connectivity index (χ3v) is 4.48. The summed E-state index contributed by atoms with van der Waals surface area (Å²) in [7, 11) is 0. The van der Waals surface area contributed by atoms with Crippen molar-refractivity contribution in [2.75, 3.05) is 6.61 Å². The normalized spacial score (nSPS) is 32.9. The van der Waals surface area contributed by atoms with Gasteiger partial charge in [-0.05, 0) is 37.5 Å². The lowest BCUT2D eigenvalue weighted by Crippen LogP contribution is -2.43. The van der Waals surface area contributed by atoms with E-state index in [1.54, 1.807) is 12.1 Å². The Morgan fingerprint density at radius 3 is 2.67 bits per heavy atom. The predicted molar refractivity (Wildman–Crippen MR) is 77.0 cm³/mol. The molecule has 0 aliphatic carbocycles. The molecule has 2 aliphatic heterocycles. The van der Waals surface area contributed by atoms with Gasteiger partial charge in [0, 0.05) is 6.61 Å². The van der Waals surface area contributed by atoms with Crippen molar-refractivity contribution in [3.05, 3.63) is 35.6 Å². The Bertz CT molecular complexity index is 520. The molecule has 0 saturated carbocycles. The van der Waals surface area contributed by atoms with Crippen molar-refractivity contribution < 1.29 is 13.9 Å². The van der Waals surface area contributed by atoms with Crippen LogP contribution in [0.3, 0.4) is 0 Å². The first-order valence-electron chi connectivity index (χ1n) is 7.57. The zero-order chi connectivity index (χ0) is 15.0. The van der Waals surface area contributed by atoms with Crippen LogP contribution in [-0.2, 0) is 9.53 Å². The maximum Gasteiger partial charge on any atom is 0.241 e. The summed E-state index contributed by atoms with van der Waals surface area (Å²) >= 11 is 0. The Labute approximate surface area is 124 Å². The van der Waals surface area contributed by atoms with Crippen LogP contribution in [0.15, 0.2) is 24.3 Å². The molecule has 0 bridgehead atoms. The second-order valence-corrected chi connectivity index (χ2v) is 5.76. The van der Waals surface area contributed by atoms with E-state index >= 15 is 0 Å². The fourth-order valence-corrected chi connectivity index (χ4v) is 3.28. The molecule has 5 heteroatoms.